The van der Waals surface area contributed by atoms with Crippen LogP contribution in [0.4, 0.5) is 0 Å². The Labute approximate surface area is 108 Å². The monoisotopic (exact) mass is 270 g/mol. The van der Waals surface area contributed by atoms with Gasteiger partial charge in [-0.1, -0.05) is 6.58 Å². The Morgan fingerprint density at radius 2 is 1.63 bits per heavy atom. The Hall–Kier alpha value is -1.89. The van der Waals surface area contributed by atoms with Crippen LogP contribution in [0.1, 0.15) is 6.42 Å². The lowest BCUT2D eigenvalue weighted by Crippen LogP contribution is -2.49. The SMILES string of the molecule is C=CC(=O)OC1C(O)C2CC1C(C(=O)O)C2C(=O)O. The van der Waals surface area contributed by atoms with E-state index < -0.39 is 53.8 Å². The molecule has 0 aromatic heterocycles. The summed E-state index contributed by atoms with van der Waals surface area (Å²) < 4.78 is 4.95. The molecule has 2 rings (SSSR count). The molecule has 2 aliphatic carbocycles. The third-order valence-electron chi connectivity index (χ3n) is 4.04. The van der Waals surface area contributed by atoms with Crippen LogP contribution in [-0.4, -0.2) is 45.4 Å². The molecule has 0 aromatic rings. The average molecular weight is 270 g/mol. The number of carbonyl (C=O) groups excluding carboxylic acids is 1. The highest BCUT2D eigenvalue weighted by Crippen LogP contribution is 2.53. The number of carboxylic acid groups (broad SMARTS) is 2. The number of aliphatic hydroxyl groups is 1. The molecule has 7 heteroatoms. The van der Waals surface area contributed by atoms with Crippen LogP contribution in [-0.2, 0) is 19.1 Å². The lowest BCUT2D eigenvalue weighted by atomic mass is 9.76. The van der Waals surface area contributed by atoms with Crippen molar-refractivity contribution in [1.82, 2.24) is 0 Å². The molecule has 19 heavy (non-hydrogen) atoms. The van der Waals surface area contributed by atoms with E-state index in [1.165, 1.54) is 0 Å². The zero-order valence-corrected chi connectivity index (χ0v) is 9.93. The second kappa shape index (κ2) is 4.65. The van der Waals surface area contributed by atoms with Crippen LogP contribution in [0, 0.1) is 23.7 Å². The largest absolute Gasteiger partial charge is 0.481 e. The number of carbonyl (C=O) groups is 3. The zero-order chi connectivity index (χ0) is 14.3. The number of carboxylic acids is 2. The second-order valence-electron chi connectivity index (χ2n) is 4.89. The molecular formula is C12H14O7. The number of rotatable bonds is 4. The van der Waals surface area contributed by atoms with Gasteiger partial charge < -0.3 is 20.1 Å². The molecule has 3 N–H and O–H groups in total. The highest BCUT2D eigenvalue weighted by atomic mass is 16.6. The van der Waals surface area contributed by atoms with Crippen molar-refractivity contribution in [3.05, 3.63) is 12.7 Å². The van der Waals surface area contributed by atoms with Gasteiger partial charge in [0.15, 0.2) is 0 Å². The van der Waals surface area contributed by atoms with Gasteiger partial charge in [-0.2, -0.15) is 0 Å². The summed E-state index contributed by atoms with van der Waals surface area (Å²) in [5.74, 6) is -6.91. The van der Waals surface area contributed by atoms with Crippen LogP contribution in [0.25, 0.3) is 0 Å². The Morgan fingerprint density at radius 1 is 1.11 bits per heavy atom. The predicted octanol–water partition coefficient (Wildman–Crippen LogP) is -0.504. The lowest BCUT2D eigenvalue weighted by molar-refractivity contribution is -0.172. The summed E-state index contributed by atoms with van der Waals surface area (Å²) in [5, 5.41) is 28.2. The lowest BCUT2D eigenvalue weighted by Gasteiger charge is -2.34. The topological polar surface area (TPSA) is 121 Å². The smallest absolute Gasteiger partial charge is 0.330 e. The van der Waals surface area contributed by atoms with Gasteiger partial charge in [-0.3, -0.25) is 9.59 Å². The molecule has 0 spiro atoms. The molecule has 0 aromatic carbocycles. The van der Waals surface area contributed by atoms with Gasteiger partial charge in [0.05, 0.1) is 17.9 Å². The van der Waals surface area contributed by atoms with Gasteiger partial charge in [0.25, 0.3) is 0 Å². The standard InChI is InChI=1S/C12H14O7/c1-2-6(13)19-10-5-3-4(9(10)14)7(11(15)16)8(5)12(17)18/h2,4-5,7-10,14H,1,3H2,(H,15,16)(H,17,18). The zero-order valence-electron chi connectivity index (χ0n) is 9.93. The number of aliphatic hydroxyl groups excluding tert-OH is 1. The molecule has 0 radical (unpaired) electrons. The molecule has 2 aliphatic rings. The van der Waals surface area contributed by atoms with Crippen molar-refractivity contribution < 1.29 is 34.4 Å². The van der Waals surface area contributed by atoms with E-state index in [1.807, 2.05) is 0 Å². The molecular weight excluding hydrogens is 256 g/mol. The van der Waals surface area contributed by atoms with E-state index in [1.54, 1.807) is 0 Å². The summed E-state index contributed by atoms with van der Waals surface area (Å²) in [5.41, 5.74) is 0. The highest BCUT2D eigenvalue weighted by Gasteiger charge is 2.64. The van der Waals surface area contributed by atoms with Gasteiger partial charge in [-0.25, -0.2) is 4.79 Å². The first kappa shape index (κ1) is 13.5. The molecule has 2 fully saturated rings. The minimum Gasteiger partial charge on any atom is -0.481 e. The molecule has 0 saturated heterocycles. The van der Waals surface area contributed by atoms with E-state index in [0.29, 0.717) is 0 Å². The molecule has 6 atom stereocenters. The first-order chi connectivity index (χ1) is 8.88. The van der Waals surface area contributed by atoms with E-state index in [2.05, 4.69) is 6.58 Å². The maximum absolute atomic E-state index is 11.2. The maximum Gasteiger partial charge on any atom is 0.330 e. The van der Waals surface area contributed by atoms with Crippen LogP contribution in [0.3, 0.4) is 0 Å². The van der Waals surface area contributed by atoms with Crippen molar-refractivity contribution >= 4 is 17.9 Å². The van der Waals surface area contributed by atoms with Crippen molar-refractivity contribution in [3.63, 3.8) is 0 Å². The molecule has 0 aliphatic heterocycles. The van der Waals surface area contributed by atoms with Crippen LogP contribution in [0.15, 0.2) is 12.7 Å². The first-order valence-corrected chi connectivity index (χ1v) is 5.85. The van der Waals surface area contributed by atoms with Crippen molar-refractivity contribution in [2.45, 2.75) is 18.6 Å². The quantitative estimate of drug-likeness (QED) is 0.465. The van der Waals surface area contributed by atoms with Crippen molar-refractivity contribution in [2.24, 2.45) is 23.7 Å². The van der Waals surface area contributed by atoms with E-state index in [9.17, 15) is 19.5 Å². The Kier molecular flexibility index (Phi) is 3.32. The Bertz CT molecular complexity index is 443. The van der Waals surface area contributed by atoms with Crippen molar-refractivity contribution in [2.75, 3.05) is 0 Å². The molecule has 2 saturated carbocycles. The van der Waals surface area contributed by atoms with Gasteiger partial charge in [-0.05, 0) is 6.42 Å². The van der Waals surface area contributed by atoms with E-state index >= 15 is 0 Å². The average Bonchev–Trinajstić information content (AvgIpc) is 2.86. The maximum atomic E-state index is 11.2. The van der Waals surface area contributed by atoms with Crippen LogP contribution < -0.4 is 0 Å². The molecule has 2 bridgehead atoms. The Balaban J connectivity index is 2.26. The summed E-state index contributed by atoms with van der Waals surface area (Å²) in [6, 6.07) is 0. The number of fused-ring (bicyclic) bond motifs is 2. The fraction of sp³-hybridized carbons (Fsp3) is 0.583. The summed E-state index contributed by atoms with van der Waals surface area (Å²) in [4.78, 5) is 33.5. The number of hydrogen-bond acceptors (Lipinski definition) is 5. The van der Waals surface area contributed by atoms with Crippen LogP contribution in [0.5, 0.6) is 0 Å². The summed E-state index contributed by atoms with van der Waals surface area (Å²) in [7, 11) is 0. The van der Waals surface area contributed by atoms with Gasteiger partial charge >= 0.3 is 17.9 Å². The predicted molar refractivity (Wildman–Crippen MR) is 59.9 cm³/mol. The fourth-order valence-corrected chi connectivity index (χ4v) is 3.34. The van der Waals surface area contributed by atoms with Crippen LogP contribution >= 0.6 is 0 Å². The Morgan fingerprint density at radius 3 is 2.11 bits per heavy atom. The summed E-state index contributed by atoms with van der Waals surface area (Å²) >= 11 is 0. The molecule has 104 valence electrons. The number of hydrogen-bond donors (Lipinski definition) is 3. The summed E-state index contributed by atoms with van der Waals surface area (Å²) in [6.07, 6.45) is -0.981. The molecule has 6 unspecified atom stereocenters. The number of ether oxygens (including phenoxy) is 1. The highest BCUT2D eigenvalue weighted by molar-refractivity contribution is 5.83. The minimum atomic E-state index is -1.24. The first-order valence-electron chi connectivity index (χ1n) is 5.85. The van der Waals surface area contributed by atoms with E-state index in [-0.39, 0.29) is 6.42 Å². The van der Waals surface area contributed by atoms with Crippen molar-refractivity contribution in [1.29, 1.82) is 0 Å². The van der Waals surface area contributed by atoms with Gasteiger partial charge in [-0.15, -0.1) is 0 Å². The van der Waals surface area contributed by atoms with Gasteiger partial charge in [0, 0.05) is 17.9 Å². The third kappa shape index (κ3) is 1.99. The fourth-order valence-electron chi connectivity index (χ4n) is 3.34. The van der Waals surface area contributed by atoms with E-state index in [4.69, 9.17) is 14.9 Å². The molecule has 0 heterocycles. The third-order valence-corrected chi connectivity index (χ3v) is 4.04. The van der Waals surface area contributed by atoms with Gasteiger partial charge in [0.2, 0.25) is 0 Å². The van der Waals surface area contributed by atoms with Crippen molar-refractivity contribution in [3.8, 4) is 0 Å². The van der Waals surface area contributed by atoms with E-state index in [0.717, 1.165) is 6.08 Å². The minimum absolute atomic E-state index is 0.226. The molecule has 0 amide bonds. The normalized spacial score (nSPS) is 39.8. The van der Waals surface area contributed by atoms with Crippen LogP contribution in [0.2, 0.25) is 0 Å². The molecule has 7 nitrogen and oxygen atoms in total. The second-order valence-corrected chi connectivity index (χ2v) is 4.89. The number of aliphatic carboxylic acids is 2. The van der Waals surface area contributed by atoms with Gasteiger partial charge in [0.1, 0.15) is 6.10 Å². The summed E-state index contributed by atoms with van der Waals surface area (Å²) in [6.45, 7) is 3.22. The number of esters is 1.